The maximum absolute atomic E-state index is 11.6. The molecule has 96 valence electrons. The lowest BCUT2D eigenvalue weighted by Crippen LogP contribution is -2.16. The van der Waals surface area contributed by atoms with E-state index >= 15 is 0 Å². The molecular weight excluding hydrogens is 306 g/mol. The molecule has 19 heavy (non-hydrogen) atoms. The van der Waals surface area contributed by atoms with Crippen molar-refractivity contribution in [2.45, 2.75) is 0 Å². The lowest BCUT2D eigenvalue weighted by molar-refractivity contribution is 0.370. The summed E-state index contributed by atoms with van der Waals surface area (Å²) in [6, 6.07) is 10.7. The van der Waals surface area contributed by atoms with E-state index in [4.69, 9.17) is 11.2 Å². The Bertz CT molecular complexity index is 698. The van der Waals surface area contributed by atoms with E-state index in [2.05, 4.69) is 21.9 Å². The predicted octanol–water partition coefficient (Wildman–Crippen LogP) is 2.83. The van der Waals surface area contributed by atoms with Crippen LogP contribution in [0.15, 0.2) is 45.7 Å². The zero-order valence-electron chi connectivity index (χ0n) is 10.4. The Hall–Kier alpha value is -1.99. The Morgan fingerprint density at radius 3 is 2.84 bits per heavy atom. The van der Waals surface area contributed by atoms with Crippen molar-refractivity contribution in [3.63, 3.8) is 0 Å². The second kappa shape index (κ2) is 5.77. The first-order chi connectivity index (χ1) is 9.13. The Morgan fingerprint density at radius 1 is 1.37 bits per heavy atom. The van der Waals surface area contributed by atoms with Crippen molar-refractivity contribution >= 4 is 15.9 Å². The molecule has 0 N–H and O–H groups in total. The van der Waals surface area contributed by atoms with Gasteiger partial charge in [0.25, 0.3) is 5.56 Å². The highest BCUT2D eigenvalue weighted by atomic mass is 79.9. The standard InChI is InChI=1S/C15H12BrNO2/c1-3-9-19-11-7-8-12(13(16)10-11)14-5-4-6-15(18)17(14)2/h1,4-8,10H,9H2,2H3. The Morgan fingerprint density at radius 2 is 2.16 bits per heavy atom. The summed E-state index contributed by atoms with van der Waals surface area (Å²) in [5.41, 5.74) is 1.72. The van der Waals surface area contributed by atoms with Crippen LogP contribution in [0.3, 0.4) is 0 Å². The van der Waals surface area contributed by atoms with E-state index in [-0.39, 0.29) is 12.2 Å². The lowest BCUT2D eigenvalue weighted by Gasteiger charge is -2.11. The lowest BCUT2D eigenvalue weighted by atomic mass is 10.1. The maximum Gasteiger partial charge on any atom is 0.250 e. The minimum absolute atomic E-state index is 0.0444. The van der Waals surface area contributed by atoms with Gasteiger partial charge >= 0.3 is 0 Å². The normalized spacial score (nSPS) is 9.95. The van der Waals surface area contributed by atoms with E-state index in [0.717, 1.165) is 15.7 Å². The smallest absolute Gasteiger partial charge is 0.250 e. The summed E-state index contributed by atoms with van der Waals surface area (Å²) < 4.78 is 7.80. The van der Waals surface area contributed by atoms with Crippen LogP contribution in [0, 0.1) is 12.3 Å². The van der Waals surface area contributed by atoms with Gasteiger partial charge in [-0.15, -0.1) is 6.42 Å². The first-order valence-electron chi connectivity index (χ1n) is 5.65. The topological polar surface area (TPSA) is 31.2 Å². The summed E-state index contributed by atoms with van der Waals surface area (Å²) in [4.78, 5) is 11.6. The number of nitrogens with zero attached hydrogens (tertiary/aromatic N) is 1. The third kappa shape index (κ3) is 2.88. The van der Waals surface area contributed by atoms with Crippen LogP contribution in [0.2, 0.25) is 0 Å². The summed E-state index contributed by atoms with van der Waals surface area (Å²) in [6.07, 6.45) is 5.15. The summed E-state index contributed by atoms with van der Waals surface area (Å²) in [7, 11) is 1.74. The van der Waals surface area contributed by atoms with Gasteiger partial charge in [0.05, 0.1) is 5.69 Å². The number of ether oxygens (including phenoxy) is 1. The van der Waals surface area contributed by atoms with E-state index < -0.39 is 0 Å². The number of benzene rings is 1. The van der Waals surface area contributed by atoms with Crippen molar-refractivity contribution in [2.75, 3.05) is 6.61 Å². The fourth-order valence-electron chi connectivity index (χ4n) is 1.75. The first kappa shape index (κ1) is 13.4. The van der Waals surface area contributed by atoms with Crippen molar-refractivity contribution in [3.05, 3.63) is 51.2 Å². The highest BCUT2D eigenvalue weighted by Crippen LogP contribution is 2.30. The molecule has 0 radical (unpaired) electrons. The minimum Gasteiger partial charge on any atom is -0.481 e. The molecule has 1 aromatic heterocycles. The quantitative estimate of drug-likeness (QED) is 0.815. The largest absolute Gasteiger partial charge is 0.481 e. The zero-order valence-corrected chi connectivity index (χ0v) is 12.0. The van der Waals surface area contributed by atoms with Gasteiger partial charge < -0.3 is 9.30 Å². The zero-order chi connectivity index (χ0) is 13.8. The molecule has 0 aliphatic carbocycles. The van der Waals surface area contributed by atoms with Crippen molar-refractivity contribution in [2.24, 2.45) is 7.05 Å². The van der Waals surface area contributed by atoms with Crippen molar-refractivity contribution in [1.82, 2.24) is 4.57 Å². The van der Waals surface area contributed by atoms with E-state index in [1.165, 1.54) is 6.07 Å². The molecule has 0 saturated carbocycles. The molecule has 0 atom stereocenters. The second-order valence-electron chi connectivity index (χ2n) is 3.94. The van der Waals surface area contributed by atoms with Crippen LogP contribution in [-0.2, 0) is 7.05 Å². The molecule has 0 bridgehead atoms. The molecule has 1 aromatic carbocycles. The highest BCUT2D eigenvalue weighted by molar-refractivity contribution is 9.10. The van der Waals surface area contributed by atoms with Crippen LogP contribution in [0.1, 0.15) is 0 Å². The molecule has 1 heterocycles. The fourth-order valence-corrected chi connectivity index (χ4v) is 2.31. The predicted molar refractivity (Wildman–Crippen MR) is 79.1 cm³/mol. The monoisotopic (exact) mass is 317 g/mol. The molecule has 0 aliphatic heterocycles. The summed E-state index contributed by atoms with van der Waals surface area (Å²) in [5.74, 6) is 3.10. The minimum atomic E-state index is -0.0444. The fraction of sp³-hybridized carbons (Fsp3) is 0.133. The molecule has 0 saturated heterocycles. The van der Waals surface area contributed by atoms with E-state index in [1.54, 1.807) is 17.7 Å². The molecular formula is C15H12BrNO2. The first-order valence-corrected chi connectivity index (χ1v) is 6.45. The van der Waals surface area contributed by atoms with E-state index in [1.807, 2.05) is 24.3 Å². The molecule has 3 nitrogen and oxygen atoms in total. The molecule has 4 heteroatoms. The number of hydrogen-bond donors (Lipinski definition) is 0. The van der Waals surface area contributed by atoms with Crippen LogP contribution >= 0.6 is 15.9 Å². The van der Waals surface area contributed by atoms with Gasteiger partial charge in [-0.3, -0.25) is 4.79 Å². The Labute approximate surface area is 120 Å². The highest BCUT2D eigenvalue weighted by Gasteiger charge is 2.08. The van der Waals surface area contributed by atoms with Gasteiger partial charge in [0, 0.05) is 23.2 Å². The van der Waals surface area contributed by atoms with Crippen molar-refractivity contribution in [1.29, 1.82) is 0 Å². The average Bonchev–Trinajstić information content (AvgIpc) is 2.40. The number of rotatable bonds is 3. The molecule has 0 amide bonds. The van der Waals surface area contributed by atoms with Gasteiger partial charge in [-0.2, -0.15) is 0 Å². The number of aromatic nitrogens is 1. The maximum atomic E-state index is 11.6. The Balaban J connectivity index is 2.44. The van der Waals surface area contributed by atoms with Crippen LogP contribution < -0.4 is 10.3 Å². The van der Waals surface area contributed by atoms with Gasteiger partial charge in [-0.05, 0) is 40.2 Å². The molecule has 2 aromatic rings. The van der Waals surface area contributed by atoms with Crippen LogP contribution in [-0.4, -0.2) is 11.2 Å². The number of pyridine rings is 1. The van der Waals surface area contributed by atoms with Gasteiger partial charge in [0.2, 0.25) is 0 Å². The van der Waals surface area contributed by atoms with Crippen LogP contribution in [0.5, 0.6) is 5.75 Å². The third-order valence-corrected chi connectivity index (χ3v) is 3.38. The van der Waals surface area contributed by atoms with Gasteiger partial charge in [0.15, 0.2) is 0 Å². The molecule has 0 fully saturated rings. The SMILES string of the molecule is C#CCOc1ccc(-c2cccc(=O)n2C)c(Br)c1. The second-order valence-corrected chi connectivity index (χ2v) is 4.80. The average molecular weight is 318 g/mol. The summed E-state index contributed by atoms with van der Waals surface area (Å²) in [6.45, 7) is 0.232. The van der Waals surface area contributed by atoms with E-state index in [9.17, 15) is 4.79 Å². The van der Waals surface area contributed by atoms with Crippen molar-refractivity contribution < 1.29 is 4.74 Å². The molecule has 0 spiro atoms. The van der Waals surface area contributed by atoms with Crippen LogP contribution in [0.25, 0.3) is 11.3 Å². The number of hydrogen-bond acceptors (Lipinski definition) is 2. The molecule has 0 aliphatic rings. The summed E-state index contributed by atoms with van der Waals surface area (Å²) >= 11 is 3.49. The van der Waals surface area contributed by atoms with Gasteiger partial charge in [-0.25, -0.2) is 0 Å². The van der Waals surface area contributed by atoms with Crippen LogP contribution in [0.4, 0.5) is 0 Å². The molecule has 2 rings (SSSR count). The summed E-state index contributed by atoms with van der Waals surface area (Å²) in [5, 5.41) is 0. The molecule has 0 unspecified atom stereocenters. The third-order valence-electron chi connectivity index (χ3n) is 2.72. The number of terminal acetylenes is 1. The Kier molecular flexibility index (Phi) is 4.08. The van der Waals surface area contributed by atoms with Gasteiger partial charge in [0.1, 0.15) is 12.4 Å². The number of halogens is 1. The van der Waals surface area contributed by atoms with Gasteiger partial charge in [-0.1, -0.05) is 12.0 Å². The van der Waals surface area contributed by atoms with Crippen molar-refractivity contribution in [3.8, 4) is 29.4 Å². The van der Waals surface area contributed by atoms with E-state index in [0.29, 0.717) is 5.75 Å².